The first-order valence-corrected chi connectivity index (χ1v) is 7.33. The van der Waals surface area contributed by atoms with Crippen molar-refractivity contribution >= 4 is 23.1 Å². The van der Waals surface area contributed by atoms with Gasteiger partial charge in [0.15, 0.2) is 11.6 Å². The second kappa shape index (κ2) is 5.34. The van der Waals surface area contributed by atoms with E-state index in [-0.39, 0.29) is 16.1 Å². The summed E-state index contributed by atoms with van der Waals surface area (Å²) in [4.78, 5) is 0. The van der Waals surface area contributed by atoms with Gasteiger partial charge in [0.05, 0.1) is 11.4 Å². The van der Waals surface area contributed by atoms with Crippen LogP contribution in [0.4, 0.5) is 20.2 Å². The van der Waals surface area contributed by atoms with Gasteiger partial charge in [0.1, 0.15) is 0 Å². The summed E-state index contributed by atoms with van der Waals surface area (Å²) in [6.45, 7) is 0.624. The van der Waals surface area contributed by atoms with E-state index in [0.717, 1.165) is 18.9 Å². The maximum atomic E-state index is 13.6. The number of halogens is 2. The van der Waals surface area contributed by atoms with E-state index in [9.17, 15) is 8.78 Å². The lowest BCUT2D eigenvalue weighted by Gasteiger charge is -2.28. The van der Waals surface area contributed by atoms with Crippen LogP contribution in [0.1, 0.15) is 25.7 Å². The highest BCUT2D eigenvalue weighted by atomic mass is 32.2. The Bertz CT molecular complexity index is 431. The molecule has 0 bridgehead atoms. The fraction of sp³-hybridized carbons (Fsp3) is 0.538. The lowest BCUT2D eigenvalue weighted by Crippen LogP contribution is -2.30. The summed E-state index contributed by atoms with van der Waals surface area (Å²) in [7, 11) is 0. The van der Waals surface area contributed by atoms with Crippen molar-refractivity contribution in [1.29, 1.82) is 0 Å². The summed E-state index contributed by atoms with van der Waals surface area (Å²) in [5.41, 5.74) is 6.03. The predicted octanol–water partition coefficient (Wildman–Crippen LogP) is 3.63. The predicted molar refractivity (Wildman–Crippen MR) is 74.0 cm³/mol. The largest absolute Gasteiger partial charge is 0.397 e. The topological polar surface area (TPSA) is 38.0 Å². The van der Waals surface area contributed by atoms with Crippen molar-refractivity contribution in [2.24, 2.45) is 0 Å². The molecule has 1 aliphatic rings. The van der Waals surface area contributed by atoms with Crippen LogP contribution in [-0.2, 0) is 0 Å². The molecule has 1 aliphatic carbocycles. The van der Waals surface area contributed by atoms with Crippen LogP contribution >= 0.6 is 11.8 Å². The van der Waals surface area contributed by atoms with Crippen LogP contribution in [0.3, 0.4) is 0 Å². The van der Waals surface area contributed by atoms with Crippen LogP contribution in [0.25, 0.3) is 0 Å². The average Bonchev–Trinajstić information content (AvgIpc) is 2.84. The molecule has 0 heterocycles. The number of anilines is 2. The van der Waals surface area contributed by atoms with Crippen molar-refractivity contribution in [3.8, 4) is 0 Å². The summed E-state index contributed by atoms with van der Waals surface area (Å²) in [5.74, 6) is -1.75. The number of nitrogens with one attached hydrogen (secondary N) is 1. The average molecular weight is 272 g/mol. The second-order valence-electron chi connectivity index (χ2n) is 4.77. The summed E-state index contributed by atoms with van der Waals surface area (Å²) in [6.07, 6.45) is 6.68. The van der Waals surface area contributed by atoms with Crippen LogP contribution in [0.2, 0.25) is 0 Å². The van der Waals surface area contributed by atoms with Gasteiger partial charge in [-0.15, -0.1) is 0 Å². The van der Waals surface area contributed by atoms with Gasteiger partial charge in [-0.25, -0.2) is 8.78 Å². The molecule has 2 nitrogen and oxygen atoms in total. The normalized spacial score (nSPS) is 17.9. The third-order valence-corrected chi connectivity index (χ3v) is 5.08. The van der Waals surface area contributed by atoms with Gasteiger partial charge in [-0.2, -0.15) is 11.8 Å². The smallest absolute Gasteiger partial charge is 0.183 e. The standard InChI is InChI=1S/C13H18F2N2S/c1-18-13(6-2-3-7-13)8-17-12-10(16)5-4-9(14)11(12)15/h4-5,17H,2-3,6-8,16H2,1H3. The van der Waals surface area contributed by atoms with Gasteiger partial charge in [-0.05, 0) is 31.2 Å². The minimum absolute atomic E-state index is 0.0929. The summed E-state index contributed by atoms with van der Waals surface area (Å²) >= 11 is 1.80. The first-order chi connectivity index (χ1) is 8.58. The quantitative estimate of drug-likeness (QED) is 0.822. The van der Waals surface area contributed by atoms with Crippen LogP contribution in [-0.4, -0.2) is 17.5 Å². The Morgan fingerprint density at radius 2 is 2.00 bits per heavy atom. The molecule has 0 amide bonds. The van der Waals surface area contributed by atoms with Gasteiger partial charge in [0.25, 0.3) is 0 Å². The zero-order chi connectivity index (χ0) is 13.2. The molecule has 0 radical (unpaired) electrons. The van der Waals surface area contributed by atoms with E-state index in [1.807, 2.05) is 0 Å². The lowest BCUT2D eigenvalue weighted by atomic mass is 10.1. The second-order valence-corrected chi connectivity index (χ2v) is 6.05. The molecule has 1 fully saturated rings. The van der Waals surface area contributed by atoms with Crippen LogP contribution in [0.5, 0.6) is 0 Å². The molecule has 0 unspecified atom stereocenters. The van der Waals surface area contributed by atoms with Crippen molar-refractivity contribution in [3.05, 3.63) is 23.8 Å². The monoisotopic (exact) mass is 272 g/mol. The molecule has 0 atom stereocenters. The highest BCUT2D eigenvalue weighted by Gasteiger charge is 2.33. The third kappa shape index (κ3) is 2.55. The van der Waals surface area contributed by atoms with Gasteiger partial charge in [0, 0.05) is 11.3 Å². The van der Waals surface area contributed by atoms with Crippen LogP contribution in [0, 0.1) is 11.6 Å². The molecule has 3 N–H and O–H groups in total. The number of benzene rings is 1. The van der Waals surface area contributed by atoms with E-state index in [2.05, 4.69) is 11.6 Å². The van der Waals surface area contributed by atoms with Crippen molar-refractivity contribution in [1.82, 2.24) is 0 Å². The highest BCUT2D eigenvalue weighted by Crippen LogP contribution is 2.40. The third-order valence-electron chi connectivity index (χ3n) is 3.66. The molecule has 0 spiro atoms. The fourth-order valence-corrected chi connectivity index (χ4v) is 3.38. The van der Waals surface area contributed by atoms with E-state index in [4.69, 9.17) is 5.73 Å². The van der Waals surface area contributed by atoms with Gasteiger partial charge in [-0.3, -0.25) is 0 Å². The molecule has 1 aromatic carbocycles. The van der Waals surface area contributed by atoms with E-state index in [1.165, 1.54) is 18.9 Å². The molecule has 1 saturated carbocycles. The Morgan fingerprint density at radius 3 is 2.61 bits per heavy atom. The van der Waals surface area contributed by atoms with Gasteiger partial charge < -0.3 is 11.1 Å². The molecule has 18 heavy (non-hydrogen) atoms. The minimum atomic E-state index is -0.885. The fourth-order valence-electron chi connectivity index (χ4n) is 2.47. The number of hydrogen-bond acceptors (Lipinski definition) is 3. The van der Waals surface area contributed by atoms with E-state index in [0.29, 0.717) is 6.54 Å². The maximum absolute atomic E-state index is 13.6. The summed E-state index contributed by atoms with van der Waals surface area (Å²) in [5, 5.41) is 2.99. The molecular formula is C13H18F2N2S. The number of nitrogens with two attached hydrogens (primary N) is 1. The van der Waals surface area contributed by atoms with Gasteiger partial charge in [0.2, 0.25) is 0 Å². The van der Waals surface area contributed by atoms with Crippen molar-refractivity contribution < 1.29 is 8.78 Å². The molecule has 100 valence electrons. The first-order valence-electron chi connectivity index (χ1n) is 6.10. The van der Waals surface area contributed by atoms with Gasteiger partial charge >= 0.3 is 0 Å². The number of rotatable bonds is 4. The van der Waals surface area contributed by atoms with E-state index in [1.54, 1.807) is 11.8 Å². The Hall–Kier alpha value is -0.970. The highest BCUT2D eigenvalue weighted by molar-refractivity contribution is 8.00. The molecule has 0 aromatic heterocycles. The number of thioether (sulfide) groups is 1. The Morgan fingerprint density at radius 1 is 1.33 bits per heavy atom. The molecule has 5 heteroatoms. The molecule has 0 saturated heterocycles. The maximum Gasteiger partial charge on any atom is 0.183 e. The van der Waals surface area contributed by atoms with Crippen molar-refractivity contribution in [2.45, 2.75) is 30.4 Å². The van der Waals surface area contributed by atoms with Gasteiger partial charge in [-0.1, -0.05) is 12.8 Å². The zero-order valence-corrected chi connectivity index (χ0v) is 11.2. The van der Waals surface area contributed by atoms with Crippen molar-refractivity contribution in [2.75, 3.05) is 23.9 Å². The molecular weight excluding hydrogens is 254 g/mol. The van der Waals surface area contributed by atoms with E-state index < -0.39 is 11.6 Å². The molecule has 2 rings (SSSR count). The number of hydrogen-bond donors (Lipinski definition) is 2. The molecule has 1 aromatic rings. The van der Waals surface area contributed by atoms with E-state index >= 15 is 0 Å². The Kier molecular flexibility index (Phi) is 4.00. The minimum Gasteiger partial charge on any atom is -0.397 e. The SMILES string of the molecule is CSC1(CNc2c(N)ccc(F)c2F)CCCC1. The Balaban J connectivity index is 2.12. The first kappa shape index (κ1) is 13.5. The molecule has 0 aliphatic heterocycles. The summed E-state index contributed by atoms with van der Waals surface area (Å²) in [6, 6.07) is 2.44. The van der Waals surface area contributed by atoms with Crippen LogP contribution in [0.15, 0.2) is 12.1 Å². The van der Waals surface area contributed by atoms with Crippen LogP contribution < -0.4 is 11.1 Å². The zero-order valence-electron chi connectivity index (χ0n) is 10.4. The number of nitrogen functional groups attached to an aromatic ring is 1. The van der Waals surface area contributed by atoms with Crippen molar-refractivity contribution in [3.63, 3.8) is 0 Å². The lowest BCUT2D eigenvalue weighted by molar-refractivity contribution is 0.510. The summed E-state index contributed by atoms with van der Waals surface area (Å²) < 4.78 is 26.9. The Labute approximate surface area is 110 Å².